The molecule has 8 N–H and O–H groups in total. The molecule has 0 amide bonds. The van der Waals surface area contributed by atoms with Gasteiger partial charge in [0.1, 0.15) is 0 Å². The normalized spacial score (nSPS) is 0. The largest absolute Gasteiger partial charge is 3.00 e. The number of hydrogen-bond acceptors (Lipinski definition) is 8. The van der Waals surface area contributed by atoms with Gasteiger partial charge in [0, 0.05) is 0 Å². The van der Waals surface area contributed by atoms with E-state index in [1.54, 1.807) is 0 Å². The molecule has 0 unspecified atom stereocenters. The van der Waals surface area contributed by atoms with Crippen LogP contribution in [0.4, 0.5) is 0 Å². The van der Waals surface area contributed by atoms with Crippen LogP contribution in [0.3, 0.4) is 0 Å². The molecule has 0 spiro atoms. The standard InChI is InChI=1S/Al.Ca.Mg.Na.8H2O/h;;;;8*1H2/q+3;2*+2;+1;;;;;;;;/p-8. The molecule has 0 heterocycles. The molecule has 0 saturated heterocycles. The van der Waals surface area contributed by atoms with Gasteiger partial charge in [-0.05, 0) is 0 Å². The number of rotatable bonds is 0. The first-order valence-electron chi connectivity index (χ1n) is 0. The van der Waals surface area contributed by atoms with Crippen LogP contribution < -0.4 is 29.6 Å². The third kappa shape index (κ3) is 189. The zero-order valence-electron chi connectivity index (χ0n) is 6.57. The van der Waals surface area contributed by atoms with Crippen LogP contribution in [0.25, 0.3) is 0 Å². The summed E-state index contributed by atoms with van der Waals surface area (Å²) in [6.07, 6.45) is 0. The monoisotopic (exact) mass is 250 g/mol. The first kappa shape index (κ1) is 295. The average molecular weight is 250 g/mol. The van der Waals surface area contributed by atoms with Gasteiger partial charge < -0.3 is 43.8 Å². The smallest absolute Gasteiger partial charge is 0.870 e. The van der Waals surface area contributed by atoms with Crippen LogP contribution >= 0.6 is 0 Å². The fraction of sp³-hybridized carbons (Fsp3) is 0. The van der Waals surface area contributed by atoms with Crippen LogP contribution in [-0.4, -0.2) is 122 Å². The van der Waals surface area contributed by atoms with E-state index >= 15 is 0 Å². The molecule has 0 rings (SSSR count). The summed E-state index contributed by atoms with van der Waals surface area (Å²) in [6, 6.07) is 0. The minimum absolute atomic E-state index is 0. The zero-order chi connectivity index (χ0) is 0. The van der Waals surface area contributed by atoms with Gasteiger partial charge in [-0.3, -0.25) is 0 Å². The summed E-state index contributed by atoms with van der Waals surface area (Å²) in [5.74, 6) is 0. The molecule has 0 saturated carbocycles. The topological polar surface area (TPSA) is 240 Å². The summed E-state index contributed by atoms with van der Waals surface area (Å²) in [6.45, 7) is 0. The second-order valence-corrected chi connectivity index (χ2v) is 0. The van der Waals surface area contributed by atoms with E-state index in [0.29, 0.717) is 0 Å². The van der Waals surface area contributed by atoms with Gasteiger partial charge in [0.15, 0.2) is 0 Å². The molecule has 12 heteroatoms. The van der Waals surface area contributed by atoms with Crippen molar-refractivity contribution in [1.29, 1.82) is 0 Å². The van der Waals surface area contributed by atoms with Crippen molar-refractivity contribution < 1.29 is 73.4 Å². The van der Waals surface area contributed by atoms with Crippen molar-refractivity contribution in [3.05, 3.63) is 0 Å². The Morgan fingerprint density at radius 3 is 0.417 bits per heavy atom. The maximum absolute atomic E-state index is 0. The Morgan fingerprint density at radius 1 is 0.417 bits per heavy atom. The summed E-state index contributed by atoms with van der Waals surface area (Å²) in [5, 5.41) is 0. The first-order chi connectivity index (χ1) is 0. The van der Waals surface area contributed by atoms with Crippen molar-refractivity contribution in [2.75, 3.05) is 0 Å². The van der Waals surface area contributed by atoms with Crippen molar-refractivity contribution in [1.82, 2.24) is 0 Å². The van der Waals surface area contributed by atoms with Crippen molar-refractivity contribution in [2.45, 2.75) is 0 Å². The van der Waals surface area contributed by atoms with E-state index in [-0.39, 0.29) is 152 Å². The van der Waals surface area contributed by atoms with Crippen LogP contribution in [0, 0.1) is 0 Å². The third-order valence-corrected chi connectivity index (χ3v) is 0. The predicted octanol–water partition coefficient (Wildman–Crippen LogP) is -5.55. The average Bonchev–Trinajstić information content (AvgIpc) is 0. The van der Waals surface area contributed by atoms with E-state index in [2.05, 4.69) is 0 Å². The second-order valence-electron chi connectivity index (χ2n) is 0. The summed E-state index contributed by atoms with van der Waals surface area (Å²) >= 11 is 0. The fourth-order valence-electron chi connectivity index (χ4n) is 0. The molecular formula is H8AlCaMgNaO8. The molecule has 0 aliphatic carbocycles. The van der Waals surface area contributed by atoms with E-state index < -0.39 is 0 Å². The van der Waals surface area contributed by atoms with E-state index in [1.807, 2.05) is 0 Å². The van der Waals surface area contributed by atoms with Gasteiger partial charge in [-0.25, -0.2) is 0 Å². The van der Waals surface area contributed by atoms with Crippen molar-refractivity contribution in [2.24, 2.45) is 0 Å². The maximum Gasteiger partial charge on any atom is 3.00 e. The zero-order valence-corrected chi connectivity index (χ0v) is 13.3. The first-order valence-corrected chi connectivity index (χ1v) is 0. The van der Waals surface area contributed by atoms with Gasteiger partial charge in [-0.2, -0.15) is 0 Å². The SMILES string of the molecule is [Al+3].[Ca+2].[Mg+2].[Na+].[OH-].[OH-].[OH-].[OH-].[OH-].[OH-].[OH-].[OH-]. The molecule has 0 aliphatic rings. The van der Waals surface area contributed by atoms with Crippen LogP contribution in [0.1, 0.15) is 0 Å². The van der Waals surface area contributed by atoms with E-state index in [1.165, 1.54) is 0 Å². The van der Waals surface area contributed by atoms with Gasteiger partial charge in [0.2, 0.25) is 0 Å². The molecule has 0 atom stereocenters. The van der Waals surface area contributed by atoms with Gasteiger partial charge in [-0.15, -0.1) is 0 Å². The molecule has 0 aromatic rings. The molecule has 0 fully saturated rings. The minimum atomic E-state index is 0. The van der Waals surface area contributed by atoms with E-state index in [9.17, 15) is 0 Å². The van der Waals surface area contributed by atoms with Gasteiger partial charge in [0.05, 0.1) is 0 Å². The quantitative estimate of drug-likeness (QED) is 0.374. The molecule has 12 heavy (non-hydrogen) atoms. The van der Waals surface area contributed by atoms with Crippen molar-refractivity contribution in [3.8, 4) is 0 Å². The Bertz CT molecular complexity index is 19.0. The fourth-order valence-corrected chi connectivity index (χ4v) is 0. The Balaban J connectivity index is 0. The van der Waals surface area contributed by atoms with E-state index in [0.717, 1.165) is 0 Å². The Kier molecular flexibility index (Phi) is 5840. The van der Waals surface area contributed by atoms with Crippen LogP contribution in [0.2, 0.25) is 0 Å². The molecule has 0 radical (unpaired) electrons. The van der Waals surface area contributed by atoms with Gasteiger partial charge >= 0.3 is 108 Å². The molecular weight excluding hydrogens is 242 g/mol. The maximum atomic E-state index is 0. The predicted molar refractivity (Wildman–Crippen MR) is 32.7 cm³/mol. The van der Waals surface area contributed by atoms with E-state index in [4.69, 9.17) is 0 Å². The molecule has 0 bridgehead atoms. The van der Waals surface area contributed by atoms with Gasteiger partial charge in [0.25, 0.3) is 0 Å². The van der Waals surface area contributed by atoms with Crippen molar-refractivity contribution >= 4 is 78.2 Å². The third-order valence-electron chi connectivity index (χ3n) is 0. The summed E-state index contributed by atoms with van der Waals surface area (Å²) in [7, 11) is 0. The van der Waals surface area contributed by atoms with Crippen LogP contribution in [-0.2, 0) is 0 Å². The molecule has 0 aliphatic heterocycles. The summed E-state index contributed by atoms with van der Waals surface area (Å²) in [4.78, 5) is 0. The number of hydrogen-bond donors (Lipinski definition) is 0. The molecule has 0 aromatic heterocycles. The van der Waals surface area contributed by atoms with Crippen LogP contribution in [0.5, 0.6) is 0 Å². The van der Waals surface area contributed by atoms with Crippen molar-refractivity contribution in [3.63, 3.8) is 0 Å². The Morgan fingerprint density at radius 2 is 0.417 bits per heavy atom. The van der Waals surface area contributed by atoms with Crippen LogP contribution in [0.15, 0.2) is 0 Å². The summed E-state index contributed by atoms with van der Waals surface area (Å²) in [5.41, 5.74) is 0. The molecule has 0 aromatic carbocycles. The van der Waals surface area contributed by atoms with Gasteiger partial charge in [-0.1, -0.05) is 0 Å². The second kappa shape index (κ2) is 238. The Labute approximate surface area is 149 Å². The molecule has 64 valence electrons. The molecule has 8 nitrogen and oxygen atoms in total. The Hall–Kier alpha value is 3.24. The minimum Gasteiger partial charge on any atom is -0.870 e. The summed E-state index contributed by atoms with van der Waals surface area (Å²) < 4.78 is 0.